The molecule has 0 spiro atoms. The highest BCUT2D eigenvalue weighted by Crippen LogP contribution is 2.40. The van der Waals surface area contributed by atoms with E-state index in [-0.39, 0.29) is 22.6 Å². The number of ether oxygens (including phenoxy) is 3. The summed E-state index contributed by atoms with van der Waals surface area (Å²) in [6.45, 7) is 0. The number of carbonyl (C=O) groups is 1. The summed E-state index contributed by atoms with van der Waals surface area (Å²) < 4.78 is 54.6. The first-order chi connectivity index (χ1) is 12.3. The topological polar surface area (TPSA) is 44.8 Å². The van der Waals surface area contributed by atoms with Crippen molar-refractivity contribution in [1.29, 1.82) is 0 Å². The molecule has 26 heavy (non-hydrogen) atoms. The molecule has 0 aliphatic heterocycles. The number of allylic oxidation sites excluding steroid dienone is 1. The molecule has 0 aliphatic carbocycles. The Kier molecular flexibility index (Phi) is 5.92. The van der Waals surface area contributed by atoms with Gasteiger partial charge in [-0.1, -0.05) is 24.3 Å². The molecule has 0 amide bonds. The lowest BCUT2D eigenvalue weighted by molar-refractivity contribution is -0.137. The average molecular weight is 366 g/mol. The molecule has 0 fully saturated rings. The smallest absolute Gasteiger partial charge is 0.416 e. The first-order valence-electron chi connectivity index (χ1n) is 7.51. The van der Waals surface area contributed by atoms with Crippen molar-refractivity contribution in [2.24, 2.45) is 0 Å². The molecule has 0 bridgehead atoms. The summed E-state index contributed by atoms with van der Waals surface area (Å²) in [5.41, 5.74) is -0.776. The maximum Gasteiger partial charge on any atom is 0.416 e. The number of ketones is 1. The second-order valence-corrected chi connectivity index (χ2v) is 5.16. The molecule has 0 radical (unpaired) electrons. The van der Waals surface area contributed by atoms with Gasteiger partial charge < -0.3 is 14.2 Å². The van der Waals surface area contributed by atoms with Crippen LogP contribution in [0.25, 0.3) is 6.08 Å². The van der Waals surface area contributed by atoms with Crippen LogP contribution in [0.5, 0.6) is 17.2 Å². The zero-order valence-electron chi connectivity index (χ0n) is 14.4. The molecular weight excluding hydrogens is 349 g/mol. The number of halogens is 3. The van der Waals surface area contributed by atoms with Crippen LogP contribution in [0.1, 0.15) is 21.5 Å². The molecule has 2 rings (SSSR count). The van der Waals surface area contributed by atoms with Crippen LogP contribution in [-0.4, -0.2) is 27.1 Å². The molecule has 138 valence electrons. The van der Waals surface area contributed by atoms with E-state index in [2.05, 4.69) is 0 Å². The zero-order valence-corrected chi connectivity index (χ0v) is 14.4. The van der Waals surface area contributed by atoms with Crippen LogP contribution in [0.15, 0.2) is 42.5 Å². The first kappa shape index (κ1) is 19.4. The molecule has 4 nitrogen and oxygen atoms in total. The summed E-state index contributed by atoms with van der Waals surface area (Å²) in [5, 5.41) is 0. The van der Waals surface area contributed by atoms with E-state index >= 15 is 0 Å². The molecule has 2 aromatic rings. The summed E-state index contributed by atoms with van der Waals surface area (Å²) >= 11 is 0. The van der Waals surface area contributed by atoms with Crippen molar-refractivity contribution in [2.45, 2.75) is 6.18 Å². The Morgan fingerprint density at radius 1 is 0.923 bits per heavy atom. The largest absolute Gasteiger partial charge is 0.493 e. The van der Waals surface area contributed by atoms with Gasteiger partial charge in [-0.25, -0.2) is 0 Å². The van der Waals surface area contributed by atoms with Crippen LogP contribution in [-0.2, 0) is 6.18 Å². The Labute approximate surface area is 148 Å². The van der Waals surface area contributed by atoms with Gasteiger partial charge in [-0.15, -0.1) is 0 Å². The van der Waals surface area contributed by atoms with Crippen molar-refractivity contribution >= 4 is 11.9 Å². The van der Waals surface area contributed by atoms with Gasteiger partial charge in [0.2, 0.25) is 5.75 Å². The fourth-order valence-corrected chi connectivity index (χ4v) is 2.45. The van der Waals surface area contributed by atoms with Gasteiger partial charge in [-0.2, -0.15) is 13.2 Å². The second-order valence-electron chi connectivity index (χ2n) is 5.16. The lowest BCUT2D eigenvalue weighted by Crippen LogP contribution is -2.07. The molecule has 0 unspecified atom stereocenters. The van der Waals surface area contributed by atoms with Crippen LogP contribution in [0.4, 0.5) is 13.2 Å². The van der Waals surface area contributed by atoms with Crippen LogP contribution >= 0.6 is 0 Å². The molecule has 2 aromatic carbocycles. The van der Waals surface area contributed by atoms with Gasteiger partial charge in [-0.3, -0.25) is 4.79 Å². The monoisotopic (exact) mass is 366 g/mol. The van der Waals surface area contributed by atoms with E-state index in [1.807, 2.05) is 0 Å². The lowest BCUT2D eigenvalue weighted by atomic mass is 10.0. The predicted octanol–water partition coefficient (Wildman–Crippen LogP) is 4.63. The number of hydrogen-bond donors (Lipinski definition) is 0. The van der Waals surface area contributed by atoms with Crippen molar-refractivity contribution < 1.29 is 32.2 Å². The fourth-order valence-electron chi connectivity index (χ4n) is 2.45. The van der Waals surface area contributed by atoms with E-state index in [1.54, 1.807) is 0 Å². The minimum Gasteiger partial charge on any atom is -0.493 e. The molecule has 0 heterocycles. The minimum absolute atomic E-state index is 0.104. The number of alkyl halides is 3. The van der Waals surface area contributed by atoms with E-state index in [4.69, 9.17) is 14.2 Å². The van der Waals surface area contributed by atoms with Crippen molar-refractivity contribution in [3.05, 3.63) is 59.2 Å². The Morgan fingerprint density at radius 3 is 2.15 bits per heavy atom. The standard InChI is InChI=1S/C19H17F3O4/c1-24-16-11-9-13(17(25-2)18(16)26-3)15(23)10-8-12-6-4-5-7-14(12)19(20,21)22/h4-11H,1-3H3/b10-8+. The molecule has 0 N–H and O–H groups in total. The second kappa shape index (κ2) is 7.95. The number of rotatable bonds is 6. The van der Waals surface area contributed by atoms with Gasteiger partial charge in [0.1, 0.15) is 0 Å². The molecule has 7 heteroatoms. The quantitative estimate of drug-likeness (QED) is 0.552. The Morgan fingerprint density at radius 2 is 1.58 bits per heavy atom. The lowest BCUT2D eigenvalue weighted by Gasteiger charge is -2.14. The maximum absolute atomic E-state index is 13.0. The summed E-state index contributed by atoms with van der Waals surface area (Å²) in [5.74, 6) is 0.211. The van der Waals surface area contributed by atoms with E-state index in [0.717, 1.165) is 18.2 Å². The van der Waals surface area contributed by atoms with Gasteiger partial charge in [0.25, 0.3) is 0 Å². The van der Waals surface area contributed by atoms with Gasteiger partial charge in [0, 0.05) is 0 Å². The molecule has 0 saturated carbocycles. The fraction of sp³-hybridized carbons (Fsp3) is 0.211. The average Bonchev–Trinajstić information content (AvgIpc) is 2.64. The van der Waals surface area contributed by atoms with Gasteiger partial charge >= 0.3 is 6.18 Å². The van der Waals surface area contributed by atoms with E-state index in [0.29, 0.717) is 5.75 Å². The molecule has 0 aliphatic rings. The molecule has 0 aromatic heterocycles. The predicted molar refractivity (Wildman–Crippen MR) is 90.9 cm³/mol. The highest BCUT2D eigenvalue weighted by molar-refractivity contribution is 6.09. The summed E-state index contributed by atoms with van der Waals surface area (Å²) in [7, 11) is 4.19. The van der Waals surface area contributed by atoms with Crippen LogP contribution in [0.3, 0.4) is 0 Å². The van der Waals surface area contributed by atoms with E-state index in [1.165, 1.54) is 51.7 Å². The maximum atomic E-state index is 13.0. The van der Waals surface area contributed by atoms with Gasteiger partial charge in [-0.05, 0) is 29.8 Å². The number of benzene rings is 2. The van der Waals surface area contributed by atoms with Crippen molar-refractivity contribution in [3.63, 3.8) is 0 Å². The Bertz CT molecular complexity index is 826. The third-order valence-electron chi connectivity index (χ3n) is 3.65. The van der Waals surface area contributed by atoms with Gasteiger partial charge in [0.05, 0.1) is 32.5 Å². The molecule has 0 saturated heterocycles. The van der Waals surface area contributed by atoms with Crippen LogP contribution < -0.4 is 14.2 Å². The Balaban J connectivity index is 2.42. The van der Waals surface area contributed by atoms with Crippen molar-refractivity contribution in [2.75, 3.05) is 21.3 Å². The van der Waals surface area contributed by atoms with E-state index < -0.39 is 17.5 Å². The minimum atomic E-state index is -4.51. The summed E-state index contributed by atoms with van der Waals surface area (Å²) in [6.07, 6.45) is -2.32. The zero-order chi connectivity index (χ0) is 19.3. The van der Waals surface area contributed by atoms with E-state index in [9.17, 15) is 18.0 Å². The van der Waals surface area contributed by atoms with Crippen LogP contribution in [0.2, 0.25) is 0 Å². The molecular formula is C19H17F3O4. The number of hydrogen-bond acceptors (Lipinski definition) is 4. The SMILES string of the molecule is COc1ccc(C(=O)/C=C/c2ccccc2C(F)(F)F)c(OC)c1OC. The summed E-state index contributed by atoms with van der Waals surface area (Å²) in [4.78, 5) is 12.5. The first-order valence-corrected chi connectivity index (χ1v) is 7.51. The number of methoxy groups -OCH3 is 3. The third-order valence-corrected chi connectivity index (χ3v) is 3.65. The molecule has 0 atom stereocenters. The normalized spacial score (nSPS) is 11.5. The highest BCUT2D eigenvalue weighted by atomic mass is 19.4. The number of carbonyl (C=O) groups excluding carboxylic acids is 1. The summed E-state index contributed by atoms with van der Waals surface area (Å²) in [6, 6.07) is 7.99. The van der Waals surface area contributed by atoms with Crippen molar-refractivity contribution in [1.82, 2.24) is 0 Å². The van der Waals surface area contributed by atoms with Crippen LogP contribution in [0, 0.1) is 0 Å². The van der Waals surface area contributed by atoms with Crippen molar-refractivity contribution in [3.8, 4) is 17.2 Å². The van der Waals surface area contributed by atoms with Gasteiger partial charge in [0.15, 0.2) is 17.3 Å². The third kappa shape index (κ3) is 3.99. The highest BCUT2D eigenvalue weighted by Gasteiger charge is 2.32. The Hall–Kier alpha value is -2.96.